The smallest absolute Gasteiger partial charge is 0.131 e. The van der Waals surface area contributed by atoms with Gasteiger partial charge in [0.2, 0.25) is 0 Å². The molecule has 0 radical (unpaired) electrons. The number of aromatic nitrogens is 2. The first-order chi connectivity index (χ1) is 6.86. The highest BCUT2D eigenvalue weighted by molar-refractivity contribution is 7.11. The van der Waals surface area contributed by atoms with Crippen molar-refractivity contribution in [3.8, 4) is 0 Å². The molecule has 0 unspecified atom stereocenters. The fourth-order valence-corrected chi connectivity index (χ4v) is 2.12. The van der Waals surface area contributed by atoms with Crippen LogP contribution in [0, 0.1) is 0 Å². The van der Waals surface area contributed by atoms with Crippen LogP contribution < -0.4 is 5.73 Å². The van der Waals surface area contributed by atoms with Crippen molar-refractivity contribution in [3.05, 3.63) is 10.0 Å². The van der Waals surface area contributed by atoms with Gasteiger partial charge in [-0.1, -0.05) is 32.6 Å². The molecule has 0 aliphatic rings. The molecule has 14 heavy (non-hydrogen) atoms. The van der Waals surface area contributed by atoms with Gasteiger partial charge in [0, 0.05) is 13.0 Å². The quantitative estimate of drug-likeness (QED) is 0.708. The SMILES string of the molecule is CCCCCCCc1nnc(CN)s1. The lowest BCUT2D eigenvalue weighted by Crippen LogP contribution is -1.94. The van der Waals surface area contributed by atoms with Gasteiger partial charge in [-0.25, -0.2) is 0 Å². The summed E-state index contributed by atoms with van der Waals surface area (Å²) >= 11 is 1.65. The standard InChI is InChI=1S/C10H19N3S/c1-2-3-4-5-6-7-9-12-13-10(8-11)14-9/h2-8,11H2,1H3. The Morgan fingerprint density at radius 3 is 2.43 bits per heavy atom. The van der Waals surface area contributed by atoms with Crippen molar-refractivity contribution in [1.29, 1.82) is 0 Å². The highest BCUT2D eigenvalue weighted by Gasteiger charge is 2.01. The Morgan fingerprint density at radius 1 is 1.07 bits per heavy atom. The summed E-state index contributed by atoms with van der Waals surface area (Å²) in [4.78, 5) is 0. The van der Waals surface area contributed by atoms with E-state index in [4.69, 9.17) is 5.73 Å². The first-order valence-corrected chi connectivity index (χ1v) is 6.19. The topological polar surface area (TPSA) is 51.8 Å². The van der Waals surface area contributed by atoms with Crippen LogP contribution in [0.25, 0.3) is 0 Å². The molecule has 4 heteroatoms. The molecule has 0 saturated carbocycles. The minimum Gasteiger partial charge on any atom is -0.324 e. The van der Waals surface area contributed by atoms with Gasteiger partial charge in [0.25, 0.3) is 0 Å². The van der Waals surface area contributed by atoms with Gasteiger partial charge >= 0.3 is 0 Å². The molecule has 1 aromatic rings. The van der Waals surface area contributed by atoms with E-state index in [1.54, 1.807) is 11.3 Å². The molecule has 1 rings (SSSR count). The molecular weight excluding hydrogens is 194 g/mol. The Hall–Kier alpha value is -0.480. The van der Waals surface area contributed by atoms with Gasteiger partial charge in [0.1, 0.15) is 10.0 Å². The van der Waals surface area contributed by atoms with Crippen molar-refractivity contribution in [1.82, 2.24) is 10.2 Å². The van der Waals surface area contributed by atoms with Crippen LogP contribution in [0.15, 0.2) is 0 Å². The van der Waals surface area contributed by atoms with Crippen molar-refractivity contribution in [2.24, 2.45) is 5.73 Å². The maximum absolute atomic E-state index is 5.47. The van der Waals surface area contributed by atoms with Crippen molar-refractivity contribution in [3.63, 3.8) is 0 Å². The molecule has 0 saturated heterocycles. The summed E-state index contributed by atoms with van der Waals surface area (Å²) in [7, 11) is 0. The zero-order valence-electron chi connectivity index (χ0n) is 8.83. The van der Waals surface area contributed by atoms with Crippen LogP contribution in [0.4, 0.5) is 0 Å². The van der Waals surface area contributed by atoms with Gasteiger partial charge in [0.15, 0.2) is 0 Å². The third-order valence-corrected chi connectivity index (χ3v) is 3.18. The van der Waals surface area contributed by atoms with E-state index in [9.17, 15) is 0 Å². The lowest BCUT2D eigenvalue weighted by atomic mass is 10.1. The van der Waals surface area contributed by atoms with Crippen molar-refractivity contribution in [2.45, 2.75) is 52.0 Å². The molecule has 1 aromatic heterocycles. The summed E-state index contributed by atoms with van der Waals surface area (Å²) < 4.78 is 0. The molecule has 80 valence electrons. The van der Waals surface area contributed by atoms with E-state index >= 15 is 0 Å². The summed E-state index contributed by atoms with van der Waals surface area (Å²) in [5, 5.41) is 10.2. The molecule has 0 bridgehead atoms. The molecule has 3 nitrogen and oxygen atoms in total. The third kappa shape index (κ3) is 4.15. The maximum Gasteiger partial charge on any atom is 0.131 e. The minimum absolute atomic E-state index is 0.521. The number of nitrogens with zero attached hydrogens (tertiary/aromatic N) is 2. The summed E-state index contributed by atoms with van der Waals surface area (Å²) in [5.41, 5.74) is 5.47. The summed E-state index contributed by atoms with van der Waals surface area (Å²) in [6.45, 7) is 2.76. The Labute approximate surface area is 89.7 Å². The van der Waals surface area contributed by atoms with Gasteiger partial charge in [-0.15, -0.1) is 21.5 Å². The molecule has 0 amide bonds. The number of aryl methyl sites for hydroxylation is 1. The van der Waals surface area contributed by atoms with Crippen LogP contribution in [0.5, 0.6) is 0 Å². The van der Waals surface area contributed by atoms with Crippen molar-refractivity contribution < 1.29 is 0 Å². The van der Waals surface area contributed by atoms with Gasteiger partial charge in [0.05, 0.1) is 0 Å². The number of hydrogen-bond donors (Lipinski definition) is 1. The second kappa shape index (κ2) is 6.90. The van der Waals surface area contributed by atoms with E-state index in [1.165, 1.54) is 32.1 Å². The lowest BCUT2D eigenvalue weighted by Gasteiger charge is -1.96. The molecule has 0 aliphatic heterocycles. The summed E-state index contributed by atoms with van der Waals surface area (Å²) in [6.07, 6.45) is 7.62. The Balaban J connectivity index is 2.12. The fourth-order valence-electron chi connectivity index (χ4n) is 1.35. The minimum atomic E-state index is 0.521. The molecular formula is C10H19N3S. The summed E-state index contributed by atoms with van der Waals surface area (Å²) in [5.74, 6) is 0. The van der Waals surface area contributed by atoms with E-state index in [-0.39, 0.29) is 0 Å². The zero-order chi connectivity index (χ0) is 10.2. The van der Waals surface area contributed by atoms with Crippen molar-refractivity contribution in [2.75, 3.05) is 0 Å². The Morgan fingerprint density at radius 2 is 1.79 bits per heavy atom. The first kappa shape index (κ1) is 11.6. The molecule has 0 fully saturated rings. The molecule has 0 atom stereocenters. The molecule has 0 aliphatic carbocycles. The van der Waals surface area contributed by atoms with E-state index in [0.717, 1.165) is 16.4 Å². The second-order valence-electron chi connectivity index (χ2n) is 3.46. The van der Waals surface area contributed by atoms with Crippen LogP contribution in [0.1, 0.15) is 49.0 Å². The van der Waals surface area contributed by atoms with Gasteiger partial charge in [-0.2, -0.15) is 0 Å². The summed E-state index contributed by atoms with van der Waals surface area (Å²) in [6, 6.07) is 0. The normalized spacial score (nSPS) is 10.7. The Kier molecular flexibility index (Phi) is 5.71. The predicted octanol–water partition coefficient (Wildman–Crippen LogP) is 2.51. The van der Waals surface area contributed by atoms with Gasteiger partial charge in [-0.05, 0) is 6.42 Å². The van der Waals surface area contributed by atoms with Crippen LogP contribution in [0.2, 0.25) is 0 Å². The molecule has 0 spiro atoms. The highest BCUT2D eigenvalue weighted by Crippen LogP contribution is 2.13. The van der Waals surface area contributed by atoms with E-state index < -0.39 is 0 Å². The van der Waals surface area contributed by atoms with Crippen LogP contribution >= 0.6 is 11.3 Å². The van der Waals surface area contributed by atoms with Gasteiger partial charge in [-0.3, -0.25) is 0 Å². The van der Waals surface area contributed by atoms with Crippen LogP contribution in [0.3, 0.4) is 0 Å². The largest absolute Gasteiger partial charge is 0.324 e. The average Bonchev–Trinajstić information content (AvgIpc) is 2.65. The molecule has 0 aromatic carbocycles. The number of nitrogens with two attached hydrogens (primary N) is 1. The second-order valence-corrected chi connectivity index (χ2v) is 4.60. The van der Waals surface area contributed by atoms with Crippen molar-refractivity contribution >= 4 is 11.3 Å². The first-order valence-electron chi connectivity index (χ1n) is 5.38. The van der Waals surface area contributed by atoms with Gasteiger partial charge < -0.3 is 5.73 Å². The third-order valence-electron chi connectivity index (χ3n) is 2.18. The molecule has 1 heterocycles. The number of unbranched alkanes of at least 4 members (excludes halogenated alkanes) is 4. The van der Waals surface area contributed by atoms with E-state index in [1.807, 2.05) is 0 Å². The van der Waals surface area contributed by atoms with E-state index in [2.05, 4.69) is 17.1 Å². The number of hydrogen-bond acceptors (Lipinski definition) is 4. The highest BCUT2D eigenvalue weighted by atomic mass is 32.1. The maximum atomic E-state index is 5.47. The molecule has 2 N–H and O–H groups in total. The van der Waals surface area contributed by atoms with E-state index in [0.29, 0.717) is 6.54 Å². The Bertz CT molecular complexity index is 247. The number of rotatable bonds is 7. The monoisotopic (exact) mass is 213 g/mol. The van der Waals surface area contributed by atoms with Crippen LogP contribution in [-0.2, 0) is 13.0 Å². The predicted molar refractivity (Wildman–Crippen MR) is 60.3 cm³/mol. The average molecular weight is 213 g/mol. The zero-order valence-corrected chi connectivity index (χ0v) is 9.65. The lowest BCUT2D eigenvalue weighted by molar-refractivity contribution is 0.629. The van der Waals surface area contributed by atoms with Crippen LogP contribution in [-0.4, -0.2) is 10.2 Å². The fraction of sp³-hybridized carbons (Fsp3) is 0.800.